The van der Waals surface area contributed by atoms with Gasteiger partial charge in [0.05, 0.1) is 5.52 Å². The van der Waals surface area contributed by atoms with E-state index in [1.807, 2.05) is 23.1 Å². The lowest BCUT2D eigenvalue weighted by molar-refractivity contribution is -0.142. The van der Waals surface area contributed by atoms with Crippen LogP contribution in [0.5, 0.6) is 0 Å². The first-order valence-electron chi connectivity index (χ1n) is 12.3. The molecule has 1 amide bonds. The summed E-state index contributed by atoms with van der Waals surface area (Å²) in [5, 5.41) is 20.1. The van der Waals surface area contributed by atoms with Gasteiger partial charge in [-0.15, -0.1) is 0 Å². The average Bonchev–Trinajstić information content (AvgIpc) is 3.28. The molecule has 0 unspecified atom stereocenters. The highest BCUT2D eigenvalue weighted by Crippen LogP contribution is 2.65. The van der Waals surface area contributed by atoms with Crippen LogP contribution in [-0.2, 0) is 9.53 Å². The molecule has 2 N–H and O–H groups in total. The number of para-hydroxylation sites is 1. The standard InChI is InChI=1S/C28H30N2O4/c31-26(24-5-2-14-34-24)30-12-10-28(11-13-30)16-23(28)19-8-6-18(7-9-19)21-15-20-3-1-4-22(27(32)33)25(20)29-17-21/h1,3-4,6-9,15,17,23-24,27,32-33H,2,5,10-14,16H2/t23-,24-/m1/s1. The molecule has 34 heavy (non-hydrogen) atoms. The zero-order valence-electron chi connectivity index (χ0n) is 19.2. The molecule has 1 aliphatic carbocycles. The summed E-state index contributed by atoms with van der Waals surface area (Å²) in [7, 11) is 0. The van der Waals surface area contributed by atoms with E-state index in [9.17, 15) is 15.0 Å². The number of benzene rings is 2. The summed E-state index contributed by atoms with van der Waals surface area (Å²) in [5.74, 6) is 0.767. The molecule has 1 spiro atoms. The highest BCUT2D eigenvalue weighted by Gasteiger charge is 2.55. The van der Waals surface area contributed by atoms with Crippen molar-refractivity contribution >= 4 is 16.8 Å². The summed E-state index contributed by atoms with van der Waals surface area (Å²) in [6.07, 6.45) is 5.27. The molecule has 3 fully saturated rings. The Morgan fingerprint density at radius 3 is 2.59 bits per heavy atom. The summed E-state index contributed by atoms with van der Waals surface area (Å²) >= 11 is 0. The van der Waals surface area contributed by atoms with E-state index < -0.39 is 6.29 Å². The van der Waals surface area contributed by atoms with E-state index in [0.29, 0.717) is 29.0 Å². The number of carbonyl (C=O) groups excluding carboxylic acids is 1. The van der Waals surface area contributed by atoms with Crippen LogP contribution in [0.4, 0.5) is 0 Å². The van der Waals surface area contributed by atoms with Crippen LogP contribution in [0.1, 0.15) is 55.4 Å². The van der Waals surface area contributed by atoms with Crippen LogP contribution in [0.15, 0.2) is 54.7 Å². The van der Waals surface area contributed by atoms with Crippen LogP contribution in [0.25, 0.3) is 22.0 Å². The van der Waals surface area contributed by atoms with Gasteiger partial charge in [-0.3, -0.25) is 9.78 Å². The van der Waals surface area contributed by atoms with E-state index in [0.717, 1.165) is 55.3 Å². The van der Waals surface area contributed by atoms with Gasteiger partial charge in [-0.25, -0.2) is 0 Å². The van der Waals surface area contributed by atoms with E-state index in [4.69, 9.17) is 4.74 Å². The first-order chi connectivity index (χ1) is 16.5. The summed E-state index contributed by atoms with van der Waals surface area (Å²) < 4.78 is 5.60. The number of pyridine rings is 1. The van der Waals surface area contributed by atoms with Gasteiger partial charge in [0.15, 0.2) is 6.29 Å². The average molecular weight is 459 g/mol. The third-order valence-corrected chi connectivity index (χ3v) is 8.13. The smallest absolute Gasteiger partial charge is 0.251 e. The number of ether oxygens (including phenoxy) is 1. The van der Waals surface area contributed by atoms with Gasteiger partial charge in [-0.1, -0.05) is 42.5 Å². The van der Waals surface area contributed by atoms with Gasteiger partial charge in [0.1, 0.15) is 6.10 Å². The molecule has 3 aromatic rings. The number of fused-ring (bicyclic) bond motifs is 1. The molecule has 176 valence electrons. The van der Waals surface area contributed by atoms with E-state index in [2.05, 4.69) is 29.2 Å². The summed E-state index contributed by atoms with van der Waals surface area (Å²) in [6.45, 7) is 2.41. The van der Waals surface area contributed by atoms with E-state index >= 15 is 0 Å². The number of carbonyl (C=O) groups is 1. The minimum Gasteiger partial charge on any atom is -0.368 e. The molecule has 6 heteroatoms. The minimum absolute atomic E-state index is 0.193. The summed E-state index contributed by atoms with van der Waals surface area (Å²) in [5.41, 5.74) is 4.86. The molecule has 3 aliphatic rings. The van der Waals surface area contributed by atoms with Crippen molar-refractivity contribution in [1.29, 1.82) is 0 Å². The number of rotatable bonds is 4. The molecule has 2 saturated heterocycles. The van der Waals surface area contributed by atoms with Crippen LogP contribution in [0.3, 0.4) is 0 Å². The Bertz CT molecular complexity index is 1210. The van der Waals surface area contributed by atoms with Crippen LogP contribution in [0.2, 0.25) is 0 Å². The van der Waals surface area contributed by atoms with Gasteiger partial charge in [-0.2, -0.15) is 0 Å². The van der Waals surface area contributed by atoms with Crippen LogP contribution < -0.4 is 0 Å². The molecule has 3 heterocycles. The first-order valence-corrected chi connectivity index (χ1v) is 12.3. The van der Waals surface area contributed by atoms with Crippen LogP contribution >= 0.6 is 0 Å². The largest absolute Gasteiger partial charge is 0.368 e. The SMILES string of the molecule is O=C([C@H]1CCCO1)N1CCC2(CC1)C[C@@H]2c1ccc(-c2cnc3c(C(O)O)cccc3c2)cc1. The van der Waals surface area contributed by atoms with Crippen molar-refractivity contribution in [3.05, 3.63) is 65.9 Å². The van der Waals surface area contributed by atoms with Crippen molar-refractivity contribution in [1.82, 2.24) is 9.88 Å². The molecule has 0 radical (unpaired) electrons. The fourth-order valence-corrected chi connectivity index (χ4v) is 5.98. The number of hydrogen-bond acceptors (Lipinski definition) is 5. The normalized spacial score (nSPS) is 23.7. The number of amides is 1. The number of aliphatic hydroxyl groups is 2. The highest BCUT2D eigenvalue weighted by molar-refractivity contribution is 5.86. The zero-order valence-corrected chi connectivity index (χ0v) is 19.2. The highest BCUT2D eigenvalue weighted by atomic mass is 16.5. The van der Waals surface area contributed by atoms with Gasteiger partial charge in [-0.05, 0) is 60.6 Å². The molecule has 0 bridgehead atoms. The Morgan fingerprint density at radius 2 is 1.88 bits per heavy atom. The van der Waals surface area contributed by atoms with Gasteiger partial charge in [0.2, 0.25) is 0 Å². The maximum Gasteiger partial charge on any atom is 0.251 e. The maximum absolute atomic E-state index is 12.7. The Balaban J connectivity index is 1.13. The van der Waals surface area contributed by atoms with Gasteiger partial charge < -0.3 is 19.8 Å². The van der Waals surface area contributed by atoms with Crippen molar-refractivity contribution < 1.29 is 19.7 Å². The molecule has 2 aliphatic heterocycles. The lowest BCUT2D eigenvalue weighted by atomic mass is 9.88. The van der Waals surface area contributed by atoms with Crippen LogP contribution in [-0.4, -0.2) is 51.8 Å². The van der Waals surface area contributed by atoms with Crippen molar-refractivity contribution in [2.24, 2.45) is 5.41 Å². The predicted octanol–water partition coefficient (Wildman–Crippen LogP) is 4.16. The number of aromatic nitrogens is 1. The third kappa shape index (κ3) is 3.80. The minimum atomic E-state index is -1.53. The number of nitrogens with zero attached hydrogens (tertiary/aromatic N) is 2. The van der Waals surface area contributed by atoms with Gasteiger partial charge >= 0.3 is 0 Å². The Kier molecular flexibility index (Phi) is 5.40. The van der Waals surface area contributed by atoms with Crippen molar-refractivity contribution in [2.75, 3.05) is 19.7 Å². The molecule has 6 nitrogen and oxygen atoms in total. The zero-order chi connectivity index (χ0) is 23.3. The molecule has 6 rings (SSSR count). The summed E-state index contributed by atoms with van der Waals surface area (Å²) in [6, 6.07) is 16.3. The lowest BCUT2D eigenvalue weighted by Gasteiger charge is -2.34. The second kappa shape index (κ2) is 8.45. The number of piperidine rings is 1. The molecular formula is C28H30N2O4. The van der Waals surface area contributed by atoms with E-state index in [-0.39, 0.29) is 12.0 Å². The van der Waals surface area contributed by atoms with E-state index in [1.165, 1.54) is 12.0 Å². The van der Waals surface area contributed by atoms with Crippen molar-refractivity contribution in [3.63, 3.8) is 0 Å². The topological polar surface area (TPSA) is 82.9 Å². The number of likely N-dealkylation sites (tertiary alicyclic amines) is 1. The number of aliphatic hydroxyl groups excluding tert-OH is 1. The third-order valence-electron chi connectivity index (χ3n) is 8.13. The molecular weight excluding hydrogens is 428 g/mol. The maximum atomic E-state index is 12.7. The fourth-order valence-electron chi connectivity index (χ4n) is 5.98. The summed E-state index contributed by atoms with van der Waals surface area (Å²) in [4.78, 5) is 19.2. The molecule has 1 saturated carbocycles. The molecule has 2 atom stereocenters. The van der Waals surface area contributed by atoms with Crippen LogP contribution in [0, 0.1) is 5.41 Å². The predicted molar refractivity (Wildman–Crippen MR) is 129 cm³/mol. The molecule has 2 aromatic carbocycles. The second-order valence-corrected chi connectivity index (χ2v) is 10.1. The van der Waals surface area contributed by atoms with Crippen molar-refractivity contribution in [3.8, 4) is 11.1 Å². The number of hydrogen-bond donors (Lipinski definition) is 2. The second-order valence-electron chi connectivity index (χ2n) is 10.1. The first kappa shape index (κ1) is 21.7. The van der Waals surface area contributed by atoms with Gasteiger partial charge in [0, 0.05) is 42.4 Å². The van der Waals surface area contributed by atoms with E-state index in [1.54, 1.807) is 12.3 Å². The fraction of sp³-hybridized carbons (Fsp3) is 0.429. The molecule has 1 aromatic heterocycles. The van der Waals surface area contributed by atoms with Gasteiger partial charge in [0.25, 0.3) is 5.91 Å². The quantitative estimate of drug-likeness (QED) is 0.574. The lowest BCUT2D eigenvalue weighted by Crippen LogP contribution is -2.44. The van der Waals surface area contributed by atoms with Crippen molar-refractivity contribution in [2.45, 2.75) is 50.4 Å². The monoisotopic (exact) mass is 458 g/mol. The Morgan fingerprint density at radius 1 is 1.09 bits per heavy atom. The Hall–Kier alpha value is -2.80. The Labute approximate surface area is 199 Å².